The van der Waals surface area contributed by atoms with Gasteiger partial charge in [-0.25, -0.2) is 0 Å². The van der Waals surface area contributed by atoms with E-state index in [0.29, 0.717) is 11.3 Å². The van der Waals surface area contributed by atoms with E-state index in [-0.39, 0.29) is 6.04 Å². The van der Waals surface area contributed by atoms with E-state index in [1.807, 2.05) is 12.1 Å². The van der Waals surface area contributed by atoms with Gasteiger partial charge in [0.15, 0.2) is 0 Å². The van der Waals surface area contributed by atoms with E-state index in [4.69, 9.17) is 10.5 Å². The molecule has 0 radical (unpaired) electrons. The number of benzene rings is 1. The Labute approximate surface area is 91.1 Å². The monoisotopic (exact) mass is 249 g/mol. The second-order valence-corrected chi connectivity index (χ2v) is 3.71. The van der Waals surface area contributed by atoms with Crippen LogP contribution >= 0.6 is 15.9 Å². The molecule has 0 spiro atoms. The van der Waals surface area contributed by atoms with E-state index in [0.717, 1.165) is 4.47 Å². The highest BCUT2D eigenvalue weighted by Gasteiger charge is 2.05. The predicted molar refractivity (Wildman–Crippen MR) is 57.6 cm³/mol. The molecule has 1 aromatic rings. The third kappa shape index (κ3) is 2.48. The third-order valence-corrected chi connectivity index (χ3v) is 2.16. The summed E-state index contributed by atoms with van der Waals surface area (Å²) in [6, 6.07) is 9.12. The van der Waals surface area contributed by atoms with Crippen molar-refractivity contribution in [1.29, 1.82) is 10.5 Å². The molecule has 0 aliphatic rings. The van der Waals surface area contributed by atoms with Crippen LogP contribution in [0.5, 0.6) is 0 Å². The minimum atomic E-state index is -0.303. The molecule has 1 aromatic carbocycles. The molecule has 14 heavy (non-hydrogen) atoms. The van der Waals surface area contributed by atoms with Gasteiger partial charge >= 0.3 is 0 Å². The van der Waals surface area contributed by atoms with Crippen LogP contribution in [0.15, 0.2) is 22.7 Å². The minimum Gasteiger partial charge on any atom is -0.369 e. The summed E-state index contributed by atoms with van der Waals surface area (Å²) in [6.45, 7) is 1.74. The van der Waals surface area contributed by atoms with Gasteiger partial charge in [-0.2, -0.15) is 10.5 Å². The Balaban J connectivity index is 2.99. The lowest BCUT2D eigenvalue weighted by atomic mass is 10.2. The van der Waals surface area contributed by atoms with Crippen LogP contribution in [0.1, 0.15) is 12.5 Å². The van der Waals surface area contributed by atoms with Gasteiger partial charge in [-0.1, -0.05) is 15.9 Å². The number of rotatable bonds is 2. The lowest BCUT2D eigenvalue weighted by molar-refractivity contribution is 1.01. The van der Waals surface area contributed by atoms with Crippen molar-refractivity contribution in [3.05, 3.63) is 28.2 Å². The fraction of sp³-hybridized carbons (Fsp3) is 0.200. The van der Waals surface area contributed by atoms with Gasteiger partial charge < -0.3 is 5.32 Å². The molecule has 0 aromatic heterocycles. The molecule has 0 aliphatic carbocycles. The average molecular weight is 250 g/mol. The number of anilines is 1. The lowest BCUT2D eigenvalue weighted by Crippen LogP contribution is -2.12. The Morgan fingerprint density at radius 1 is 1.43 bits per heavy atom. The van der Waals surface area contributed by atoms with E-state index in [1.54, 1.807) is 19.1 Å². The zero-order valence-corrected chi connectivity index (χ0v) is 9.17. The van der Waals surface area contributed by atoms with E-state index < -0.39 is 0 Å². The summed E-state index contributed by atoms with van der Waals surface area (Å²) >= 11 is 3.28. The van der Waals surface area contributed by atoms with Crippen LogP contribution in [0.4, 0.5) is 5.69 Å². The summed E-state index contributed by atoms with van der Waals surface area (Å²) < 4.78 is 0.851. The largest absolute Gasteiger partial charge is 0.369 e. The van der Waals surface area contributed by atoms with Crippen molar-refractivity contribution >= 4 is 21.6 Å². The molecule has 0 saturated carbocycles. The van der Waals surface area contributed by atoms with E-state index >= 15 is 0 Å². The summed E-state index contributed by atoms with van der Waals surface area (Å²) in [7, 11) is 0. The van der Waals surface area contributed by atoms with Gasteiger partial charge in [-0.3, -0.25) is 0 Å². The molecule has 0 heterocycles. The maximum atomic E-state index is 8.83. The molecular formula is C10H8BrN3. The fourth-order valence-corrected chi connectivity index (χ4v) is 1.36. The van der Waals surface area contributed by atoms with Crippen LogP contribution in [0.25, 0.3) is 0 Å². The van der Waals surface area contributed by atoms with Crippen LogP contribution in [0.3, 0.4) is 0 Å². The van der Waals surface area contributed by atoms with Gasteiger partial charge in [0.1, 0.15) is 12.1 Å². The molecule has 4 heteroatoms. The van der Waals surface area contributed by atoms with Crippen molar-refractivity contribution in [3.8, 4) is 12.1 Å². The van der Waals surface area contributed by atoms with Crippen molar-refractivity contribution < 1.29 is 0 Å². The molecule has 0 amide bonds. The molecule has 1 N–H and O–H groups in total. The van der Waals surface area contributed by atoms with Crippen LogP contribution in [0.2, 0.25) is 0 Å². The van der Waals surface area contributed by atoms with Crippen LogP contribution in [-0.4, -0.2) is 6.04 Å². The Morgan fingerprint density at radius 2 is 2.14 bits per heavy atom. The molecule has 0 saturated heterocycles. The van der Waals surface area contributed by atoms with Gasteiger partial charge in [0, 0.05) is 4.47 Å². The van der Waals surface area contributed by atoms with Crippen LogP contribution in [-0.2, 0) is 0 Å². The lowest BCUT2D eigenvalue weighted by Gasteiger charge is -2.09. The highest BCUT2D eigenvalue weighted by molar-refractivity contribution is 9.10. The Kier molecular flexibility index (Phi) is 3.50. The predicted octanol–water partition coefficient (Wildman–Crippen LogP) is 2.64. The maximum absolute atomic E-state index is 8.83. The molecule has 0 aliphatic heterocycles. The first kappa shape index (κ1) is 10.6. The SMILES string of the molecule is CC(C#N)Nc1ccc(Br)cc1C#N. The zero-order chi connectivity index (χ0) is 10.6. The molecule has 3 nitrogen and oxygen atoms in total. The maximum Gasteiger partial charge on any atom is 0.111 e. The van der Waals surface area contributed by atoms with Crippen LogP contribution in [0, 0.1) is 22.7 Å². The number of hydrogen-bond donors (Lipinski definition) is 1. The second kappa shape index (κ2) is 4.64. The molecule has 1 unspecified atom stereocenters. The Hall–Kier alpha value is -1.52. The van der Waals surface area contributed by atoms with Crippen molar-refractivity contribution in [2.45, 2.75) is 13.0 Å². The number of hydrogen-bond acceptors (Lipinski definition) is 3. The number of nitrogens with zero attached hydrogens (tertiary/aromatic N) is 2. The summed E-state index contributed by atoms with van der Waals surface area (Å²) in [4.78, 5) is 0. The normalized spacial score (nSPS) is 11.1. The van der Waals surface area contributed by atoms with Gasteiger partial charge in [0.25, 0.3) is 0 Å². The van der Waals surface area contributed by atoms with Gasteiger partial charge in [0.05, 0.1) is 17.3 Å². The van der Waals surface area contributed by atoms with Crippen molar-refractivity contribution in [2.24, 2.45) is 0 Å². The summed E-state index contributed by atoms with van der Waals surface area (Å²) in [5, 5.41) is 20.4. The second-order valence-electron chi connectivity index (χ2n) is 2.80. The molecule has 1 atom stereocenters. The summed E-state index contributed by atoms with van der Waals surface area (Å²) in [5.41, 5.74) is 1.21. The molecule has 70 valence electrons. The molecule has 0 bridgehead atoms. The smallest absolute Gasteiger partial charge is 0.111 e. The van der Waals surface area contributed by atoms with Gasteiger partial charge in [0.2, 0.25) is 0 Å². The van der Waals surface area contributed by atoms with E-state index in [1.165, 1.54) is 0 Å². The highest BCUT2D eigenvalue weighted by Crippen LogP contribution is 2.20. The number of halogens is 1. The first-order valence-corrected chi connectivity index (χ1v) is 4.82. The summed E-state index contributed by atoms with van der Waals surface area (Å²) in [5.74, 6) is 0. The first-order chi connectivity index (χ1) is 6.67. The Bertz CT molecular complexity index is 414. The Morgan fingerprint density at radius 3 is 2.71 bits per heavy atom. The van der Waals surface area contributed by atoms with Crippen LogP contribution < -0.4 is 5.32 Å². The zero-order valence-electron chi connectivity index (χ0n) is 7.58. The highest BCUT2D eigenvalue weighted by atomic mass is 79.9. The molecule has 1 rings (SSSR count). The van der Waals surface area contributed by atoms with E-state index in [2.05, 4.69) is 27.3 Å². The first-order valence-electron chi connectivity index (χ1n) is 4.03. The van der Waals surface area contributed by atoms with E-state index in [9.17, 15) is 0 Å². The number of nitriles is 2. The topological polar surface area (TPSA) is 59.6 Å². The fourth-order valence-electron chi connectivity index (χ4n) is 1.00. The standard InChI is InChI=1S/C10H8BrN3/c1-7(5-12)14-10-3-2-9(11)4-8(10)6-13/h2-4,7,14H,1H3. The summed E-state index contributed by atoms with van der Waals surface area (Å²) in [6.07, 6.45) is 0. The van der Waals surface area contributed by atoms with Crippen molar-refractivity contribution in [3.63, 3.8) is 0 Å². The van der Waals surface area contributed by atoms with Crippen molar-refractivity contribution in [1.82, 2.24) is 0 Å². The minimum absolute atomic E-state index is 0.303. The van der Waals surface area contributed by atoms with Gasteiger partial charge in [-0.15, -0.1) is 0 Å². The van der Waals surface area contributed by atoms with Crippen molar-refractivity contribution in [2.75, 3.05) is 5.32 Å². The third-order valence-electron chi connectivity index (χ3n) is 1.67. The molecule has 0 fully saturated rings. The van der Waals surface area contributed by atoms with Gasteiger partial charge in [-0.05, 0) is 25.1 Å². The number of nitrogens with one attached hydrogen (secondary N) is 1. The average Bonchev–Trinajstić information content (AvgIpc) is 2.20. The quantitative estimate of drug-likeness (QED) is 0.877. The molecular weight excluding hydrogens is 242 g/mol.